The molecule has 0 aliphatic carbocycles. The molecule has 4 N–H and O–H groups in total. The van der Waals surface area contributed by atoms with Gasteiger partial charge in [0.2, 0.25) is 5.91 Å². The number of piperazine rings is 1. The normalized spacial score (nSPS) is 21.6. The minimum absolute atomic E-state index is 0.0776. The van der Waals surface area contributed by atoms with Crippen LogP contribution in [0, 0.1) is 5.92 Å². The Morgan fingerprint density at radius 2 is 2.04 bits per heavy atom. The highest BCUT2D eigenvalue weighted by molar-refractivity contribution is 7.80. The van der Waals surface area contributed by atoms with Crippen molar-refractivity contribution in [3.63, 3.8) is 0 Å². The number of amides is 2. The SMILES string of the molecule is COc1ccc(N2C(=O)[C@@H](C=NCC[NH+]3CC[NH2+]CC3)C(=O)NC2=S)cc1. The van der Waals surface area contributed by atoms with E-state index in [9.17, 15) is 9.59 Å². The number of nitrogens with zero attached hydrogens (tertiary/aromatic N) is 2. The van der Waals surface area contributed by atoms with Gasteiger partial charge in [0, 0.05) is 6.21 Å². The van der Waals surface area contributed by atoms with Crippen molar-refractivity contribution in [3.8, 4) is 5.75 Å². The van der Waals surface area contributed by atoms with Crippen LogP contribution in [0.4, 0.5) is 5.69 Å². The Hall–Kier alpha value is -2.36. The van der Waals surface area contributed by atoms with Crippen molar-refractivity contribution in [1.29, 1.82) is 0 Å². The summed E-state index contributed by atoms with van der Waals surface area (Å²) >= 11 is 5.19. The lowest BCUT2D eigenvalue weighted by Gasteiger charge is -2.31. The zero-order chi connectivity index (χ0) is 19.2. The third-order valence-corrected chi connectivity index (χ3v) is 5.07. The van der Waals surface area contributed by atoms with Crippen LogP contribution in [0.3, 0.4) is 0 Å². The summed E-state index contributed by atoms with van der Waals surface area (Å²) in [5, 5.41) is 4.98. The Morgan fingerprint density at radius 1 is 1.33 bits per heavy atom. The van der Waals surface area contributed by atoms with Gasteiger partial charge in [-0.3, -0.25) is 19.5 Å². The fourth-order valence-electron chi connectivity index (χ4n) is 3.23. The second-order valence-electron chi connectivity index (χ2n) is 6.57. The van der Waals surface area contributed by atoms with E-state index in [1.54, 1.807) is 31.4 Å². The van der Waals surface area contributed by atoms with Crippen LogP contribution in [0.2, 0.25) is 0 Å². The van der Waals surface area contributed by atoms with E-state index in [0.717, 1.165) is 32.7 Å². The summed E-state index contributed by atoms with van der Waals surface area (Å²) in [5.74, 6) is -1.12. The Balaban J connectivity index is 1.65. The summed E-state index contributed by atoms with van der Waals surface area (Å²) in [6.45, 7) is 6.02. The van der Waals surface area contributed by atoms with Crippen LogP contribution in [0.15, 0.2) is 29.3 Å². The van der Waals surface area contributed by atoms with E-state index in [0.29, 0.717) is 18.0 Å². The molecule has 2 saturated heterocycles. The molecule has 0 unspecified atom stereocenters. The number of carbonyl (C=O) groups is 2. The number of methoxy groups -OCH3 is 1. The topological polar surface area (TPSA) is 92.0 Å². The maximum Gasteiger partial charge on any atom is 0.251 e. The summed E-state index contributed by atoms with van der Waals surface area (Å²) < 4.78 is 5.13. The minimum Gasteiger partial charge on any atom is -0.497 e. The number of thiocarbonyl (C=S) groups is 1. The van der Waals surface area contributed by atoms with Gasteiger partial charge in [-0.1, -0.05) is 0 Å². The van der Waals surface area contributed by atoms with Crippen molar-refractivity contribution in [2.75, 3.05) is 51.3 Å². The number of hydrogen-bond acceptors (Lipinski definition) is 5. The molecular formula is C18H25N5O3S+2. The van der Waals surface area contributed by atoms with Crippen LogP contribution >= 0.6 is 12.2 Å². The van der Waals surface area contributed by atoms with E-state index in [1.807, 2.05) is 0 Å². The Labute approximate surface area is 163 Å². The van der Waals surface area contributed by atoms with E-state index in [4.69, 9.17) is 17.0 Å². The molecule has 2 amide bonds. The monoisotopic (exact) mass is 391 g/mol. The lowest BCUT2D eigenvalue weighted by atomic mass is 10.1. The standard InChI is InChI=1S/C18H23N5O3S/c1-26-14-4-2-13(3-5-14)23-17(25)15(16(24)21-18(23)27)12-20-8-11-22-9-6-19-7-10-22/h2-5,12,15,19H,6-11H2,1H3,(H,21,24,27)/p+2/t15-/m0/s1. The molecule has 0 spiro atoms. The molecule has 0 radical (unpaired) electrons. The van der Waals surface area contributed by atoms with Crippen molar-refractivity contribution >= 4 is 41.0 Å². The number of ether oxygens (including phenoxy) is 1. The predicted octanol–water partition coefficient (Wildman–Crippen LogP) is -2.41. The van der Waals surface area contributed by atoms with Crippen LogP contribution in [0.5, 0.6) is 5.75 Å². The first-order chi connectivity index (χ1) is 13.1. The summed E-state index contributed by atoms with van der Waals surface area (Å²) in [7, 11) is 1.57. The molecule has 2 fully saturated rings. The second-order valence-corrected chi connectivity index (χ2v) is 6.95. The van der Waals surface area contributed by atoms with Gasteiger partial charge in [-0.2, -0.15) is 0 Å². The first-order valence-electron chi connectivity index (χ1n) is 9.08. The van der Waals surface area contributed by atoms with Crippen molar-refractivity contribution in [3.05, 3.63) is 24.3 Å². The molecule has 1 atom stereocenters. The molecule has 2 heterocycles. The number of carbonyl (C=O) groups excluding carboxylic acids is 2. The minimum atomic E-state index is -0.969. The Morgan fingerprint density at radius 3 is 2.70 bits per heavy atom. The summed E-state index contributed by atoms with van der Waals surface area (Å²) in [6.07, 6.45) is 1.45. The van der Waals surface area contributed by atoms with Gasteiger partial charge in [0.15, 0.2) is 11.0 Å². The Kier molecular flexibility index (Phi) is 6.49. The zero-order valence-corrected chi connectivity index (χ0v) is 16.1. The smallest absolute Gasteiger partial charge is 0.251 e. The molecule has 0 saturated carbocycles. The number of benzene rings is 1. The molecular weight excluding hydrogens is 366 g/mol. The second kappa shape index (κ2) is 9.03. The molecule has 27 heavy (non-hydrogen) atoms. The van der Waals surface area contributed by atoms with Crippen LogP contribution < -0.4 is 25.2 Å². The molecule has 0 aromatic heterocycles. The number of nitrogens with one attached hydrogen (secondary N) is 2. The number of nitrogens with two attached hydrogens (primary N) is 1. The van der Waals surface area contributed by atoms with Crippen LogP contribution in [0.1, 0.15) is 0 Å². The quantitative estimate of drug-likeness (QED) is 0.286. The molecule has 1 aromatic rings. The number of quaternary nitrogens is 2. The van der Waals surface area contributed by atoms with E-state index >= 15 is 0 Å². The van der Waals surface area contributed by atoms with Gasteiger partial charge < -0.3 is 20.3 Å². The number of anilines is 1. The van der Waals surface area contributed by atoms with Crippen molar-refractivity contribution in [1.82, 2.24) is 5.32 Å². The number of aliphatic imine (C=N–C) groups is 1. The summed E-state index contributed by atoms with van der Waals surface area (Å²) in [5.41, 5.74) is 0.582. The first-order valence-corrected chi connectivity index (χ1v) is 9.49. The maximum absolute atomic E-state index is 12.8. The molecule has 9 heteroatoms. The highest BCUT2D eigenvalue weighted by atomic mass is 32.1. The van der Waals surface area contributed by atoms with Gasteiger partial charge in [0.05, 0.1) is 25.9 Å². The van der Waals surface area contributed by atoms with E-state index in [-0.39, 0.29) is 5.11 Å². The lowest BCUT2D eigenvalue weighted by molar-refractivity contribution is -0.945. The molecule has 2 aliphatic heterocycles. The molecule has 3 rings (SSSR count). The van der Waals surface area contributed by atoms with Gasteiger partial charge >= 0.3 is 0 Å². The fraction of sp³-hybridized carbons (Fsp3) is 0.444. The Bertz CT molecular complexity index is 731. The molecule has 2 aliphatic rings. The average Bonchev–Trinajstić information content (AvgIpc) is 2.68. The largest absolute Gasteiger partial charge is 0.497 e. The third-order valence-electron chi connectivity index (χ3n) is 4.79. The number of rotatable bonds is 6. The fourth-order valence-corrected chi connectivity index (χ4v) is 3.53. The van der Waals surface area contributed by atoms with Crippen molar-refractivity contribution < 1.29 is 24.5 Å². The van der Waals surface area contributed by atoms with Crippen LogP contribution in [-0.2, 0) is 9.59 Å². The molecule has 144 valence electrons. The van der Waals surface area contributed by atoms with Crippen molar-refractivity contribution in [2.24, 2.45) is 10.9 Å². The van der Waals surface area contributed by atoms with Gasteiger partial charge in [-0.05, 0) is 36.5 Å². The van der Waals surface area contributed by atoms with Crippen LogP contribution in [0.25, 0.3) is 0 Å². The van der Waals surface area contributed by atoms with Crippen LogP contribution in [-0.4, -0.2) is 69.5 Å². The molecule has 8 nitrogen and oxygen atoms in total. The molecule has 0 bridgehead atoms. The van der Waals surface area contributed by atoms with E-state index in [1.165, 1.54) is 16.0 Å². The maximum atomic E-state index is 12.8. The van der Waals surface area contributed by atoms with Gasteiger partial charge in [-0.25, -0.2) is 0 Å². The summed E-state index contributed by atoms with van der Waals surface area (Å²) in [6, 6.07) is 6.93. The first kappa shape index (κ1) is 19.4. The summed E-state index contributed by atoms with van der Waals surface area (Å²) in [4.78, 5) is 32.2. The third kappa shape index (κ3) is 4.68. The van der Waals surface area contributed by atoms with Gasteiger partial charge in [0.25, 0.3) is 5.91 Å². The van der Waals surface area contributed by atoms with Gasteiger partial charge in [-0.15, -0.1) is 0 Å². The zero-order valence-electron chi connectivity index (χ0n) is 15.3. The van der Waals surface area contributed by atoms with E-state index < -0.39 is 17.7 Å². The lowest BCUT2D eigenvalue weighted by Crippen LogP contribution is -3.20. The number of hydrogen-bond donors (Lipinski definition) is 3. The van der Waals surface area contributed by atoms with Gasteiger partial charge in [0.1, 0.15) is 31.9 Å². The highest BCUT2D eigenvalue weighted by Crippen LogP contribution is 2.23. The van der Waals surface area contributed by atoms with E-state index in [2.05, 4.69) is 15.6 Å². The highest BCUT2D eigenvalue weighted by Gasteiger charge is 2.38. The predicted molar refractivity (Wildman–Crippen MR) is 105 cm³/mol. The molecule has 1 aromatic carbocycles. The average molecular weight is 391 g/mol. The van der Waals surface area contributed by atoms with Crippen molar-refractivity contribution in [2.45, 2.75) is 0 Å².